The van der Waals surface area contributed by atoms with Crippen LogP contribution in [-0.4, -0.2) is 25.0 Å². The van der Waals surface area contributed by atoms with Gasteiger partial charge in [-0.2, -0.15) is 0 Å². The number of methoxy groups -OCH3 is 1. The number of carbonyl (C=O) groups excluding carboxylic acids is 2. The fourth-order valence-electron chi connectivity index (χ4n) is 3.22. The lowest BCUT2D eigenvalue weighted by Crippen LogP contribution is -2.48. The van der Waals surface area contributed by atoms with Crippen LogP contribution in [0.3, 0.4) is 0 Å². The molecule has 31 heavy (non-hydrogen) atoms. The molecule has 2 N–H and O–H groups in total. The standard InChI is InChI=1S/C25H28N2O4/c1-15-7-6-8-23(16(15)2)31-18(4)25(29)27-26-24(28)17(3)19-9-10-21-14-22(30-5)12-11-20(21)13-19/h6-14,17-18H,1-5H3,(H,26,28)(H,27,29)/t17-,18?/m0/s1. The SMILES string of the molecule is COc1ccc2cc([C@H](C)C(=O)NNC(=O)C(C)Oc3cccc(C)c3C)ccc2c1. The summed E-state index contributed by atoms with van der Waals surface area (Å²) in [5, 5.41) is 2.04. The summed E-state index contributed by atoms with van der Waals surface area (Å²) < 4.78 is 11.0. The Bertz CT molecular complexity index is 1110. The third kappa shape index (κ3) is 5.15. The van der Waals surface area contributed by atoms with E-state index < -0.39 is 17.9 Å². The van der Waals surface area contributed by atoms with Gasteiger partial charge < -0.3 is 9.47 Å². The van der Waals surface area contributed by atoms with Crippen LogP contribution in [0, 0.1) is 13.8 Å². The Labute approximate surface area is 182 Å². The van der Waals surface area contributed by atoms with Crippen LogP contribution in [0.5, 0.6) is 11.5 Å². The molecule has 0 spiro atoms. The van der Waals surface area contributed by atoms with Crippen molar-refractivity contribution in [3.63, 3.8) is 0 Å². The minimum absolute atomic E-state index is 0.305. The maximum absolute atomic E-state index is 12.6. The third-order valence-electron chi connectivity index (χ3n) is 5.50. The fraction of sp³-hybridized carbons (Fsp3) is 0.280. The Hall–Kier alpha value is -3.54. The van der Waals surface area contributed by atoms with Gasteiger partial charge in [0.05, 0.1) is 13.0 Å². The smallest absolute Gasteiger partial charge is 0.279 e. The van der Waals surface area contributed by atoms with E-state index in [9.17, 15) is 9.59 Å². The van der Waals surface area contributed by atoms with Crippen molar-refractivity contribution in [1.82, 2.24) is 10.9 Å². The van der Waals surface area contributed by atoms with E-state index in [1.165, 1.54) is 0 Å². The van der Waals surface area contributed by atoms with Crippen LogP contribution >= 0.6 is 0 Å². The molecule has 3 aromatic carbocycles. The monoisotopic (exact) mass is 420 g/mol. The Kier molecular flexibility index (Phi) is 6.80. The summed E-state index contributed by atoms with van der Waals surface area (Å²) in [6.07, 6.45) is -0.758. The third-order valence-corrected chi connectivity index (χ3v) is 5.50. The molecule has 3 rings (SSSR count). The molecule has 0 heterocycles. The molecule has 0 saturated heterocycles. The molecule has 6 heteroatoms. The van der Waals surface area contributed by atoms with Gasteiger partial charge >= 0.3 is 0 Å². The summed E-state index contributed by atoms with van der Waals surface area (Å²) in [6, 6.07) is 17.3. The highest BCUT2D eigenvalue weighted by atomic mass is 16.5. The van der Waals surface area contributed by atoms with Crippen LogP contribution in [0.2, 0.25) is 0 Å². The largest absolute Gasteiger partial charge is 0.497 e. The number of fused-ring (bicyclic) bond motifs is 1. The quantitative estimate of drug-likeness (QED) is 0.587. The van der Waals surface area contributed by atoms with Crippen molar-refractivity contribution in [3.05, 3.63) is 71.3 Å². The normalized spacial score (nSPS) is 12.7. The summed E-state index contributed by atoms with van der Waals surface area (Å²) in [4.78, 5) is 25.0. The van der Waals surface area contributed by atoms with Crippen molar-refractivity contribution >= 4 is 22.6 Å². The first-order chi connectivity index (χ1) is 14.8. The number of rotatable bonds is 6. The number of amides is 2. The van der Waals surface area contributed by atoms with Gasteiger partial charge in [-0.1, -0.05) is 36.4 Å². The van der Waals surface area contributed by atoms with Gasteiger partial charge in [0.15, 0.2) is 6.10 Å². The zero-order chi connectivity index (χ0) is 22.5. The first kappa shape index (κ1) is 22.2. The van der Waals surface area contributed by atoms with Crippen molar-refractivity contribution < 1.29 is 19.1 Å². The van der Waals surface area contributed by atoms with Crippen molar-refractivity contribution in [2.45, 2.75) is 39.7 Å². The molecular weight excluding hydrogens is 392 g/mol. The van der Waals surface area contributed by atoms with Crippen LogP contribution in [0.15, 0.2) is 54.6 Å². The van der Waals surface area contributed by atoms with Gasteiger partial charge in [0, 0.05) is 0 Å². The molecule has 1 unspecified atom stereocenters. The van der Waals surface area contributed by atoms with Gasteiger partial charge in [-0.15, -0.1) is 0 Å². The second-order valence-corrected chi connectivity index (χ2v) is 7.63. The molecule has 162 valence electrons. The minimum atomic E-state index is -0.758. The number of hydrogen-bond donors (Lipinski definition) is 2. The average Bonchev–Trinajstić information content (AvgIpc) is 2.78. The molecule has 2 amide bonds. The van der Waals surface area contributed by atoms with Gasteiger partial charge in [-0.3, -0.25) is 20.4 Å². The van der Waals surface area contributed by atoms with E-state index in [2.05, 4.69) is 10.9 Å². The summed E-state index contributed by atoms with van der Waals surface area (Å²) in [5.74, 6) is 0.260. The van der Waals surface area contributed by atoms with Crippen LogP contribution in [0.4, 0.5) is 0 Å². The molecule has 0 aliphatic carbocycles. The molecule has 0 aliphatic heterocycles. The molecule has 3 aromatic rings. The van der Waals surface area contributed by atoms with E-state index in [-0.39, 0.29) is 5.91 Å². The van der Waals surface area contributed by atoms with Crippen LogP contribution in [-0.2, 0) is 9.59 Å². The highest BCUT2D eigenvalue weighted by molar-refractivity contribution is 5.90. The zero-order valence-corrected chi connectivity index (χ0v) is 18.5. The lowest BCUT2D eigenvalue weighted by atomic mass is 9.97. The lowest BCUT2D eigenvalue weighted by molar-refractivity contribution is -0.133. The molecule has 0 saturated carbocycles. The lowest BCUT2D eigenvalue weighted by Gasteiger charge is -2.18. The maximum atomic E-state index is 12.6. The second kappa shape index (κ2) is 9.51. The number of benzene rings is 3. The molecule has 0 fully saturated rings. The molecule has 0 aromatic heterocycles. The Balaban J connectivity index is 1.59. The Morgan fingerprint density at radius 3 is 2.29 bits per heavy atom. The average molecular weight is 421 g/mol. The summed E-state index contributed by atoms with van der Waals surface area (Å²) in [5.41, 5.74) is 7.88. The number of hydrogen-bond acceptors (Lipinski definition) is 4. The van der Waals surface area contributed by atoms with Crippen molar-refractivity contribution in [3.8, 4) is 11.5 Å². The van der Waals surface area contributed by atoms with E-state index in [0.29, 0.717) is 5.75 Å². The van der Waals surface area contributed by atoms with E-state index in [0.717, 1.165) is 33.2 Å². The molecule has 0 aliphatic rings. The van der Waals surface area contributed by atoms with Gasteiger partial charge in [0.2, 0.25) is 5.91 Å². The van der Waals surface area contributed by atoms with E-state index in [4.69, 9.17) is 9.47 Å². The topological polar surface area (TPSA) is 76.7 Å². The van der Waals surface area contributed by atoms with E-state index in [1.54, 1.807) is 21.0 Å². The fourth-order valence-corrected chi connectivity index (χ4v) is 3.22. The van der Waals surface area contributed by atoms with Crippen LogP contribution < -0.4 is 20.3 Å². The number of ether oxygens (including phenoxy) is 2. The number of aryl methyl sites for hydroxylation is 1. The predicted molar refractivity (Wildman–Crippen MR) is 121 cm³/mol. The Morgan fingerprint density at radius 2 is 1.55 bits per heavy atom. The van der Waals surface area contributed by atoms with E-state index >= 15 is 0 Å². The minimum Gasteiger partial charge on any atom is -0.497 e. The molecule has 2 atom stereocenters. The molecule has 0 radical (unpaired) electrons. The first-order valence-electron chi connectivity index (χ1n) is 10.2. The van der Waals surface area contributed by atoms with E-state index in [1.807, 2.05) is 68.4 Å². The van der Waals surface area contributed by atoms with Gasteiger partial charge in [0.25, 0.3) is 5.91 Å². The number of nitrogens with one attached hydrogen (secondary N) is 2. The van der Waals surface area contributed by atoms with Crippen molar-refractivity contribution in [1.29, 1.82) is 0 Å². The van der Waals surface area contributed by atoms with Crippen molar-refractivity contribution in [2.75, 3.05) is 7.11 Å². The van der Waals surface area contributed by atoms with Crippen molar-refractivity contribution in [2.24, 2.45) is 0 Å². The van der Waals surface area contributed by atoms with Gasteiger partial charge in [0.1, 0.15) is 11.5 Å². The molecule has 6 nitrogen and oxygen atoms in total. The van der Waals surface area contributed by atoms with Gasteiger partial charge in [-0.25, -0.2) is 0 Å². The number of carbonyl (C=O) groups is 2. The van der Waals surface area contributed by atoms with Gasteiger partial charge in [-0.05, 0) is 73.4 Å². The maximum Gasteiger partial charge on any atom is 0.279 e. The summed E-state index contributed by atoms with van der Waals surface area (Å²) >= 11 is 0. The van der Waals surface area contributed by atoms with Crippen LogP contribution in [0.25, 0.3) is 10.8 Å². The molecule has 0 bridgehead atoms. The first-order valence-corrected chi connectivity index (χ1v) is 10.2. The summed E-state index contributed by atoms with van der Waals surface area (Å²) in [7, 11) is 1.63. The van der Waals surface area contributed by atoms with Crippen LogP contribution in [0.1, 0.15) is 36.5 Å². The number of hydrazine groups is 1. The highest BCUT2D eigenvalue weighted by Crippen LogP contribution is 2.25. The highest BCUT2D eigenvalue weighted by Gasteiger charge is 2.20. The Morgan fingerprint density at radius 1 is 0.871 bits per heavy atom. The molecular formula is C25H28N2O4. The summed E-state index contributed by atoms with van der Waals surface area (Å²) in [6.45, 7) is 7.36. The zero-order valence-electron chi connectivity index (χ0n) is 18.5. The predicted octanol–water partition coefficient (Wildman–Crippen LogP) is 4.18. The second-order valence-electron chi connectivity index (χ2n) is 7.63.